The number of nitrogens with zero attached hydrogens (tertiary/aromatic N) is 4. The smallest absolute Gasteiger partial charge is 0.423 e. The number of alkyl halides is 3. The Morgan fingerprint density at radius 1 is 1.15 bits per heavy atom. The number of rotatable bonds is 8. The lowest BCUT2D eigenvalue weighted by Gasteiger charge is -2.37. The molecule has 1 saturated heterocycles. The largest absolute Gasteiger partial charge is 0.474 e. The maximum atomic E-state index is 13.3. The first-order chi connectivity index (χ1) is 18.6. The van der Waals surface area contributed by atoms with E-state index >= 15 is 0 Å². The van der Waals surface area contributed by atoms with E-state index in [4.69, 9.17) is 17.0 Å². The van der Waals surface area contributed by atoms with Gasteiger partial charge in [0, 0.05) is 68.5 Å². The second kappa shape index (κ2) is 12.7. The minimum atomic E-state index is -4.81. The Balaban J connectivity index is 1.27. The molecular formula is C26H33F3N6O3S. The molecule has 0 unspecified atom stereocenters. The van der Waals surface area contributed by atoms with E-state index in [1.807, 2.05) is 12.1 Å². The maximum Gasteiger partial charge on any atom is 0.423 e. The van der Waals surface area contributed by atoms with Crippen LogP contribution >= 0.6 is 12.2 Å². The van der Waals surface area contributed by atoms with Gasteiger partial charge >= 0.3 is 6.18 Å². The normalized spacial score (nSPS) is 19.9. The quantitative estimate of drug-likeness (QED) is 0.253. The summed E-state index contributed by atoms with van der Waals surface area (Å²) < 4.78 is 46.0. The summed E-state index contributed by atoms with van der Waals surface area (Å²) in [6.07, 6.45) is 0.720. The zero-order valence-electron chi connectivity index (χ0n) is 21.7. The second-order valence-electron chi connectivity index (χ2n) is 9.78. The number of nitrogens with one attached hydrogen (secondary N) is 2. The first-order valence-electron chi connectivity index (χ1n) is 13.2. The maximum absolute atomic E-state index is 13.3. The van der Waals surface area contributed by atoms with Crippen molar-refractivity contribution < 1.29 is 22.8 Å². The van der Waals surface area contributed by atoms with Crippen LogP contribution in [0.4, 0.5) is 30.2 Å². The zero-order valence-corrected chi connectivity index (χ0v) is 22.6. The van der Waals surface area contributed by atoms with E-state index in [1.165, 1.54) is 6.07 Å². The number of benzene rings is 1. The lowest BCUT2D eigenvalue weighted by Crippen LogP contribution is -2.51. The number of hydrogen-bond acceptors (Lipinski definition) is 7. The van der Waals surface area contributed by atoms with Gasteiger partial charge in [-0.1, -0.05) is 6.92 Å². The molecule has 0 atom stereocenters. The molecular weight excluding hydrogens is 533 g/mol. The van der Waals surface area contributed by atoms with Crippen LogP contribution in [0.5, 0.6) is 5.88 Å². The molecule has 1 aliphatic heterocycles. The molecule has 39 heavy (non-hydrogen) atoms. The number of anilines is 2. The van der Waals surface area contributed by atoms with E-state index in [2.05, 4.69) is 32.3 Å². The summed E-state index contributed by atoms with van der Waals surface area (Å²) in [6, 6.07) is 6.89. The Kier molecular flexibility index (Phi) is 9.31. The van der Waals surface area contributed by atoms with Gasteiger partial charge in [-0.25, -0.2) is 4.98 Å². The Bertz CT molecular complexity index is 1150. The molecule has 2 fully saturated rings. The summed E-state index contributed by atoms with van der Waals surface area (Å²) in [5.74, 6) is 0.552. The van der Waals surface area contributed by atoms with Gasteiger partial charge in [0.2, 0.25) is 5.88 Å². The van der Waals surface area contributed by atoms with E-state index in [-0.39, 0.29) is 17.8 Å². The molecule has 1 saturated carbocycles. The van der Waals surface area contributed by atoms with Crippen molar-refractivity contribution in [1.82, 2.24) is 15.2 Å². The highest BCUT2D eigenvalue weighted by Gasteiger charge is 2.38. The summed E-state index contributed by atoms with van der Waals surface area (Å²) in [5.41, 5.74) is -0.943. The van der Waals surface area contributed by atoms with E-state index in [9.17, 15) is 23.3 Å². The molecule has 2 heterocycles. The fourth-order valence-corrected chi connectivity index (χ4v) is 5.20. The van der Waals surface area contributed by atoms with Crippen molar-refractivity contribution in [2.24, 2.45) is 0 Å². The Morgan fingerprint density at radius 2 is 1.87 bits per heavy atom. The third kappa shape index (κ3) is 7.61. The van der Waals surface area contributed by atoms with Crippen molar-refractivity contribution in [2.75, 3.05) is 42.9 Å². The molecule has 13 heteroatoms. The SMILES string of the molecule is CCCNC(=S)N1CCN(c2ccnc(O[C@H]3CC[C@H](Nc4ccc([N+](=O)[O-])c(C(F)(F)F)c4)CC3)c2)CC1. The minimum absolute atomic E-state index is 0.0488. The second-order valence-corrected chi connectivity index (χ2v) is 10.2. The molecule has 2 aliphatic rings. The summed E-state index contributed by atoms with van der Waals surface area (Å²) in [5, 5.41) is 18.2. The molecule has 2 N–H and O–H groups in total. The van der Waals surface area contributed by atoms with Crippen LogP contribution < -0.4 is 20.3 Å². The highest BCUT2D eigenvalue weighted by atomic mass is 32.1. The average molecular weight is 567 g/mol. The molecule has 0 radical (unpaired) electrons. The van der Waals surface area contributed by atoms with Crippen LogP contribution in [0.15, 0.2) is 36.5 Å². The van der Waals surface area contributed by atoms with E-state index in [1.54, 1.807) is 6.20 Å². The van der Waals surface area contributed by atoms with Crippen LogP contribution in [0.3, 0.4) is 0 Å². The third-order valence-corrected chi connectivity index (χ3v) is 7.41. The predicted octanol–water partition coefficient (Wildman–Crippen LogP) is 5.22. The first kappa shape index (κ1) is 28.7. The van der Waals surface area contributed by atoms with Gasteiger partial charge < -0.3 is 25.2 Å². The molecule has 1 aromatic carbocycles. The van der Waals surface area contributed by atoms with Crippen LogP contribution in [0.25, 0.3) is 0 Å². The van der Waals surface area contributed by atoms with Gasteiger partial charge in [0.1, 0.15) is 11.7 Å². The fourth-order valence-electron chi connectivity index (χ4n) is 4.92. The number of thiocarbonyl (C=S) groups is 1. The van der Waals surface area contributed by atoms with E-state index in [0.29, 0.717) is 31.6 Å². The highest BCUT2D eigenvalue weighted by molar-refractivity contribution is 7.80. The molecule has 2 aromatic rings. The lowest BCUT2D eigenvalue weighted by atomic mass is 9.92. The standard InChI is InChI=1S/C26H33F3N6O3S/c1-2-10-31-25(39)34-14-12-33(13-15-34)20-9-11-30-24(17-20)38-21-6-3-18(4-7-21)32-19-5-8-23(35(36)37)22(16-19)26(27,28)29/h5,8-9,11,16-18,21,32H,2-4,6-7,10,12-15H2,1H3,(H,31,39)/t18-,21-. The Labute approximate surface area is 230 Å². The van der Waals surface area contributed by atoms with Gasteiger partial charge in [-0.3, -0.25) is 10.1 Å². The van der Waals surface area contributed by atoms with Gasteiger partial charge in [0.25, 0.3) is 5.69 Å². The number of ether oxygens (including phenoxy) is 1. The molecule has 4 rings (SSSR count). The van der Waals surface area contributed by atoms with E-state index < -0.39 is 22.4 Å². The topological polar surface area (TPSA) is 95.8 Å². The average Bonchev–Trinajstić information content (AvgIpc) is 2.92. The number of aromatic nitrogens is 1. The van der Waals surface area contributed by atoms with Crippen molar-refractivity contribution in [3.05, 3.63) is 52.2 Å². The van der Waals surface area contributed by atoms with Gasteiger partial charge in [-0.15, -0.1) is 0 Å². The monoisotopic (exact) mass is 566 g/mol. The lowest BCUT2D eigenvalue weighted by molar-refractivity contribution is -0.388. The van der Waals surface area contributed by atoms with Crippen LogP contribution in [0, 0.1) is 10.1 Å². The van der Waals surface area contributed by atoms with Crippen LogP contribution in [-0.4, -0.2) is 64.8 Å². The van der Waals surface area contributed by atoms with Gasteiger partial charge in [-0.05, 0) is 62.5 Å². The Morgan fingerprint density at radius 3 is 2.51 bits per heavy atom. The first-order valence-corrected chi connectivity index (χ1v) is 13.6. The fraction of sp³-hybridized carbons (Fsp3) is 0.538. The number of pyridine rings is 1. The molecule has 0 amide bonds. The number of hydrogen-bond donors (Lipinski definition) is 2. The van der Waals surface area contributed by atoms with Crippen molar-refractivity contribution >= 4 is 34.4 Å². The van der Waals surface area contributed by atoms with E-state index in [0.717, 1.165) is 62.1 Å². The molecule has 1 aliphatic carbocycles. The molecule has 0 bridgehead atoms. The number of nitro benzene ring substituents is 1. The third-order valence-electron chi connectivity index (χ3n) is 7.01. The molecule has 9 nitrogen and oxygen atoms in total. The summed E-state index contributed by atoms with van der Waals surface area (Å²) in [7, 11) is 0. The van der Waals surface area contributed by atoms with Crippen molar-refractivity contribution in [1.29, 1.82) is 0 Å². The zero-order chi connectivity index (χ0) is 28.0. The van der Waals surface area contributed by atoms with Gasteiger partial charge in [-0.2, -0.15) is 13.2 Å². The molecule has 0 spiro atoms. The van der Waals surface area contributed by atoms with Crippen molar-refractivity contribution in [3.8, 4) is 5.88 Å². The number of piperazine rings is 1. The highest BCUT2D eigenvalue weighted by Crippen LogP contribution is 2.38. The van der Waals surface area contributed by atoms with Gasteiger partial charge in [0.15, 0.2) is 5.11 Å². The summed E-state index contributed by atoms with van der Waals surface area (Å²) in [4.78, 5) is 18.8. The molecule has 212 valence electrons. The van der Waals surface area contributed by atoms with Crippen LogP contribution in [0.2, 0.25) is 0 Å². The van der Waals surface area contributed by atoms with Gasteiger partial charge in [0.05, 0.1) is 4.92 Å². The summed E-state index contributed by atoms with van der Waals surface area (Å²) in [6.45, 7) is 6.34. The predicted molar refractivity (Wildman–Crippen MR) is 147 cm³/mol. The Hall–Kier alpha value is -3.35. The van der Waals surface area contributed by atoms with Crippen molar-refractivity contribution in [3.63, 3.8) is 0 Å². The molecule has 1 aromatic heterocycles. The van der Waals surface area contributed by atoms with Crippen molar-refractivity contribution in [2.45, 2.75) is 57.3 Å². The minimum Gasteiger partial charge on any atom is -0.474 e. The van der Waals surface area contributed by atoms with Crippen LogP contribution in [0.1, 0.15) is 44.6 Å². The number of nitro groups is 1. The summed E-state index contributed by atoms with van der Waals surface area (Å²) >= 11 is 5.48. The van der Waals surface area contributed by atoms with Crippen LogP contribution in [-0.2, 0) is 6.18 Å². The number of halogens is 3.